The van der Waals surface area contributed by atoms with Crippen molar-refractivity contribution in [2.75, 3.05) is 13.2 Å². The Labute approximate surface area is 373 Å². The maximum atomic E-state index is 12.7. The Hall–Kier alpha value is -2.11. The molecule has 1 unspecified atom stereocenters. The van der Waals surface area contributed by atoms with E-state index in [0.717, 1.165) is 70.6 Å². The van der Waals surface area contributed by atoms with Crippen LogP contribution in [-0.2, 0) is 28.6 Å². The molecule has 0 fully saturated rings. The minimum Gasteiger partial charge on any atom is -0.462 e. The lowest BCUT2D eigenvalue weighted by Gasteiger charge is -2.18. The Balaban J connectivity index is 4.21. The van der Waals surface area contributed by atoms with Crippen LogP contribution in [0.1, 0.15) is 284 Å². The lowest BCUT2D eigenvalue weighted by atomic mass is 10.1. The molecule has 6 heteroatoms. The molecule has 1 atom stereocenters. The zero-order valence-electron chi connectivity index (χ0n) is 40.2. The van der Waals surface area contributed by atoms with E-state index in [1.807, 2.05) is 0 Å². The Kier molecular flexibility index (Phi) is 47.8. The van der Waals surface area contributed by atoms with Gasteiger partial charge in [-0.15, -0.1) is 0 Å². The third-order valence-electron chi connectivity index (χ3n) is 11.7. The molecule has 0 spiro atoms. The van der Waals surface area contributed by atoms with Crippen LogP contribution in [0.2, 0.25) is 0 Å². The molecule has 0 saturated heterocycles. The van der Waals surface area contributed by atoms with Gasteiger partial charge in [-0.05, 0) is 64.2 Å². The van der Waals surface area contributed by atoms with Gasteiger partial charge in [0.2, 0.25) is 0 Å². The molecule has 0 rings (SSSR count). The van der Waals surface area contributed by atoms with Gasteiger partial charge in [0.15, 0.2) is 6.10 Å². The smallest absolute Gasteiger partial charge is 0.306 e. The van der Waals surface area contributed by atoms with Gasteiger partial charge in [-0.25, -0.2) is 0 Å². The number of rotatable bonds is 48. The molecule has 6 nitrogen and oxygen atoms in total. The summed E-state index contributed by atoms with van der Waals surface area (Å²) in [6.45, 7) is 6.58. The topological polar surface area (TPSA) is 78.9 Å². The summed E-state index contributed by atoms with van der Waals surface area (Å²) in [7, 11) is 0. The third kappa shape index (κ3) is 46.9. The van der Waals surface area contributed by atoms with E-state index < -0.39 is 6.10 Å². The molecule has 0 saturated carbocycles. The van der Waals surface area contributed by atoms with Crippen molar-refractivity contribution < 1.29 is 28.6 Å². The zero-order chi connectivity index (χ0) is 43.7. The van der Waals surface area contributed by atoms with Crippen molar-refractivity contribution in [3.63, 3.8) is 0 Å². The highest BCUT2D eigenvalue weighted by Gasteiger charge is 2.19. The van der Waals surface area contributed by atoms with E-state index in [0.29, 0.717) is 19.3 Å². The lowest BCUT2D eigenvalue weighted by molar-refractivity contribution is -0.167. The van der Waals surface area contributed by atoms with Crippen LogP contribution in [0.3, 0.4) is 0 Å². The van der Waals surface area contributed by atoms with Crippen molar-refractivity contribution >= 4 is 17.9 Å². The summed E-state index contributed by atoms with van der Waals surface area (Å²) in [6.07, 6.45) is 56.0. The second kappa shape index (κ2) is 49.5. The molecule has 0 aliphatic rings. The van der Waals surface area contributed by atoms with Crippen molar-refractivity contribution in [2.24, 2.45) is 0 Å². The molecule has 0 aliphatic carbocycles. The van der Waals surface area contributed by atoms with Crippen LogP contribution in [-0.4, -0.2) is 37.2 Å². The minimum absolute atomic E-state index is 0.0716. The summed E-state index contributed by atoms with van der Waals surface area (Å²) < 4.78 is 16.8. The number of hydrogen-bond acceptors (Lipinski definition) is 6. The van der Waals surface area contributed by atoms with E-state index in [1.165, 1.54) is 173 Å². The number of unbranched alkanes of at least 4 members (excludes halogenated alkanes) is 33. The predicted octanol–water partition coefficient (Wildman–Crippen LogP) is 17.2. The van der Waals surface area contributed by atoms with Crippen molar-refractivity contribution in [2.45, 2.75) is 290 Å². The van der Waals surface area contributed by atoms with Gasteiger partial charge in [0.05, 0.1) is 0 Å². The summed E-state index contributed by atoms with van der Waals surface area (Å²) in [4.78, 5) is 37.8. The number of hydrogen-bond donors (Lipinski definition) is 0. The van der Waals surface area contributed by atoms with Crippen LogP contribution in [0.15, 0.2) is 24.3 Å². The summed E-state index contributed by atoms with van der Waals surface area (Å²) >= 11 is 0. The number of allylic oxidation sites excluding steroid dienone is 4. The molecule has 0 bridgehead atoms. The first kappa shape index (κ1) is 57.9. The maximum absolute atomic E-state index is 12.7. The van der Waals surface area contributed by atoms with E-state index in [4.69, 9.17) is 14.2 Å². The summed E-state index contributed by atoms with van der Waals surface area (Å²) in [5.74, 6) is -0.874. The standard InChI is InChI=1S/C54H100O6/c1-4-7-10-13-16-19-22-23-24-25-26-27-28-29-30-31-33-35-38-41-44-47-53(56)59-50-51(49-58-52(55)46-43-40-37-34-21-18-15-12-9-6-3)60-54(57)48-45-42-39-36-32-20-17-14-11-8-5-2/h12,15,25-26,51H,4-11,13-14,16-24,27-50H2,1-3H3/b15-12-,26-25-. The molecule has 0 aromatic carbocycles. The van der Waals surface area contributed by atoms with Crippen LogP contribution in [0.25, 0.3) is 0 Å². The molecule has 0 aromatic heterocycles. The van der Waals surface area contributed by atoms with Gasteiger partial charge in [0, 0.05) is 19.3 Å². The monoisotopic (exact) mass is 845 g/mol. The Morgan fingerprint density at radius 2 is 0.583 bits per heavy atom. The van der Waals surface area contributed by atoms with E-state index in [-0.39, 0.29) is 31.1 Å². The number of esters is 3. The van der Waals surface area contributed by atoms with Crippen molar-refractivity contribution in [3.8, 4) is 0 Å². The Morgan fingerprint density at radius 3 is 0.900 bits per heavy atom. The molecule has 0 heterocycles. The zero-order valence-corrected chi connectivity index (χ0v) is 40.2. The molecule has 0 amide bonds. The second-order valence-electron chi connectivity index (χ2n) is 17.8. The van der Waals surface area contributed by atoms with Gasteiger partial charge < -0.3 is 14.2 Å². The molecule has 352 valence electrons. The first-order valence-corrected chi connectivity index (χ1v) is 26.3. The largest absolute Gasteiger partial charge is 0.462 e. The highest BCUT2D eigenvalue weighted by molar-refractivity contribution is 5.71. The fourth-order valence-electron chi connectivity index (χ4n) is 7.68. The Morgan fingerprint density at radius 1 is 0.317 bits per heavy atom. The normalized spacial score (nSPS) is 12.1. The van der Waals surface area contributed by atoms with Crippen molar-refractivity contribution in [1.29, 1.82) is 0 Å². The van der Waals surface area contributed by atoms with Gasteiger partial charge >= 0.3 is 17.9 Å². The van der Waals surface area contributed by atoms with Crippen LogP contribution < -0.4 is 0 Å². The second-order valence-corrected chi connectivity index (χ2v) is 17.8. The SMILES string of the molecule is CCC/C=C\CCCCCCCC(=O)OCC(COC(=O)CCCCCCCCCCC/C=C\CCCCCCCCCC)OC(=O)CCCCCCCCCCCCC. The first-order valence-electron chi connectivity index (χ1n) is 26.3. The van der Waals surface area contributed by atoms with Gasteiger partial charge in [-0.2, -0.15) is 0 Å². The molecule has 0 aliphatic heterocycles. The highest BCUT2D eigenvalue weighted by atomic mass is 16.6. The number of carbonyl (C=O) groups is 3. The van der Waals surface area contributed by atoms with E-state index in [9.17, 15) is 14.4 Å². The van der Waals surface area contributed by atoms with Gasteiger partial charge in [0.25, 0.3) is 0 Å². The molecule has 0 N–H and O–H groups in total. The fraction of sp³-hybridized carbons (Fsp3) is 0.870. The minimum atomic E-state index is -0.769. The van der Waals surface area contributed by atoms with Crippen LogP contribution >= 0.6 is 0 Å². The fourth-order valence-corrected chi connectivity index (χ4v) is 7.68. The molecule has 0 radical (unpaired) electrons. The lowest BCUT2D eigenvalue weighted by Crippen LogP contribution is -2.30. The van der Waals surface area contributed by atoms with Crippen LogP contribution in [0.4, 0.5) is 0 Å². The van der Waals surface area contributed by atoms with Gasteiger partial charge in [-0.1, -0.05) is 225 Å². The van der Waals surface area contributed by atoms with Crippen LogP contribution in [0, 0.1) is 0 Å². The summed E-state index contributed by atoms with van der Waals surface area (Å²) in [6, 6.07) is 0. The van der Waals surface area contributed by atoms with Gasteiger partial charge in [-0.3, -0.25) is 14.4 Å². The average molecular weight is 845 g/mol. The molecular weight excluding hydrogens is 745 g/mol. The molecular formula is C54H100O6. The van der Waals surface area contributed by atoms with Crippen molar-refractivity contribution in [3.05, 3.63) is 24.3 Å². The predicted molar refractivity (Wildman–Crippen MR) is 256 cm³/mol. The summed E-state index contributed by atoms with van der Waals surface area (Å²) in [5, 5.41) is 0. The highest BCUT2D eigenvalue weighted by Crippen LogP contribution is 2.16. The van der Waals surface area contributed by atoms with E-state index in [2.05, 4.69) is 45.1 Å². The maximum Gasteiger partial charge on any atom is 0.306 e. The first-order chi connectivity index (χ1) is 29.5. The number of ether oxygens (including phenoxy) is 3. The van der Waals surface area contributed by atoms with E-state index in [1.54, 1.807) is 0 Å². The van der Waals surface area contributed by atoms with E-state index >= 15 is 0 Å². The quantitative estimate of drug-likeness (QED) is 0.0263. The van der Waals surface area contributed by atoms with Gasteiger partial charge in [0.1, 0.15) is 13.2 Å². The average Bonchev–Trinajstić information content (AvgIpc) is 3.24. The Bertz CT molecular complexity index is 973. The van der Waals surface area contributed by atoms with Crippen molar-refractivity contribution in [1.82, 2.24) is 0 Å². The number of carbonyl (C=O) groups excluding carboxylic acids is 3. The molecule has 0 aromatic rings. The summed E-state index contributed by atoms with van der Waals surface area (Å²) in [5.41, 5.74) is 0. The molecule has 60 heavy (non-hydrogen) atoms. The van der Waals surface area contributed by atoms with Crippen LogP contribution in [0.5, 0.6) is 0 Å². The third-order valence-corrected chi connectivity index (χ3v) is 11.7.